The van der Waals surface area contributed by atoms with Crippen LogP contribution in [0.25, 0.3) is 0 Å². The van der Waals surface area contributed by atoms with E-state index in [-0.39, 0.29) is 12.6 Å². The number of carbonyl (C=O) groups is 2. The number of aryl methyl sites for hydroxylation is 1. The largest absolute Gasteiger partial charge is 0.481 e. The number of carbonyl (C=O) groups excluding carboxylic acids is 1. The van der Waals surface area contributed by atoms with Crippen LogP contribution < -0.4 is 5.32 Å². The van der Waals surface area contributed by atoms with Gasteiger partial charge in [-0.3, -0.25) is 9.48 Å². The monoisotopic (exact) mass is 266 g/mol. The van der Waals surface area contributed by atoms with Crippen LogP contribution in [0.1, 0.15) is 18.4 Å². The van der Waals surface area contributed by atoms with E-state index in [9.17, 15) is 9.59 Å². The van der Waals surface area contributed by atoms with Gasteiger partial charge in [0, 0.05) is 38.4 Å². The predicted octanol–water partition coefficient (Wildman–Crippen LogP) is 0.426. The molecule has 0 unspecified atom stereocenters. The number of rotatable bonds is 3. The molecule has 0 spiro atoms. The third kappa shape index (κ3) is 3.46. The first-order valence-electron chi connectivity index (χ1n) is 6.29. The number of carboxylic acid groups (broad SMARTS) is 1. The number of aliphatic carboxylic acids is 1. The minimum absolute atomic E-state index is 0.213. The van der Waals surface area contributed by atoms with Gasteiger partial charge in [0.15, 0.2) is 0 Å². The average Bonchev–Trinajstić information content (AvgIpc) is 2.82. The number of aromatic nitrogens is 2. The lowest BCUT2D eigenvalue weighted by Gasteiger charge is -2.30. The van der Waals surface area contributed by atoms with Crippen LogP contribution in [0.4, 0.5) is 4.79 Å². The lowest BCUT2D eigenvalue weighted by molar-refractivity contribution is -0.143. The summed E-state index contributed by atoms with van der Waals surface area (Å²) in [7, 11) is 1.81. The second kappa shape index (κ2) is 5.73. The molecule has 0 aliphatic carbocycles. The predicted molar refractivity (Wildman–Crippen MR) is 67.4 cm³/mol. The first-order valence-corrected chi connectivity index (χ1v) is 6.29. The van der Waals surface area contributed by atoms with Crippen LogP contribution in [0, 0.1) is 5.92 Å². The van der Waals surface area contributed by atoms with Crippen molar-refractivity contribution < 1.29 is 14.7 Å². The molecule has 1 fully saturated rings. The number of nitrogens with one attached hydrogen (secondary N) is 1. The Hall–Kier alpha value is -2.05. The normalized spacial score (nSPS) is 19.2. The van der Waals surface area contributed by atoms with E-state index < -0.39 is 11.9 Å². The van der Waals surface area contributed by atoms with Crippen molar-refractivity contribution in [3.05, 3.63) is 18.0 Å². The molecule has 2 heterocycles. The van der Waals surface area contributed by atoms with E-state index in [2.05, 4.69) is 10.4 Å². The third-order valence-corrected chi connectivity index (χ3v) is 3.26. The minimum Gasteiger partial charge on any atom is -0.481 e. The van der Waals surface area contributed by atoms with E-state index in [0.29, 0.717) is 19.5 Å². The Morgan fingerprint density at radius 3 is 3.00 bits per heavy atom. The SMILES string of the molecule is Cn1cc(CNC(=O)N2CCC[C@@H](C(=O)O)C2)cn1. The van der Waals surface area contributed by atoms with Gasteiger partial charge in [-0.05, 0) is 12.8 Å². The van der Waals surface area contributed by atoms with E-state index in [1.54, 1.807) is 15.8 Å². The van der Waals surface area contributed by atoms with Crippen molar-refractivity contribution in [2.45, 2.75) is 19.4 Å². The molecule has 104 valence electrons. The van der Waals surface area contributed by atoms with E-state index in [1.807, 2.05) is 13.2 Å². The molecule has 1 aromatic heterocycles. The molecule has 7 heteroatoms. The zero-order chi connectivity index (χ0) is 13.8. The molecule has 2 amide bonds. The molecule has 1 aromatic rings. The molecule has 0 aromatic carbocycles. The molecule has 7 nitrogen and oxygen atoms in total. The fraction of sp³-hybridized carbons (Fsp3) is 0.583. The highest BCUT2D eigenvalue weighted by atomic mass is 16.4. The van der Waals surface area contributed by atoms with E-state index in [4.69, 9.17) is 5.11 Å². The number of urea groups is 1. The zero-order valence-electron chi connectivity index (χ0n) is 10.9. The molecule has 0 saturated carbocycles. The van der Waals surface area contributed by atoms with Gasteiger partial charge < -0.3 is 15.3 Å². The number of likely N-dealkylation sites (tertiary alicyclic amines) is 1. The van der Waals surface area contributed by atoms with Crippen molar-refractivity contribution in [2.24, 2.45) is 13.0 Å². The Balaban J connectivity index is 1.84. The van der Waals surface area contributed by atoms with E-state index >= 15 is 0 Å². The summed E-state index contributed by atoms with van der Waals surface area (Å²) in [6.07, 6.45) is 4.89. The Morgan fingerprint density at radius 1 is 1.58 bits per heavy atom. The summed E-state index contributed by atoms with van der Waals surface area (Å²) in [5.41, 5.74) is 0.919. The van der Waals surface area contributed by atoms with E-state index in [0.717, 1.165) is 12.0 Å². The molecule has 1 saturated heterocycles. The maximum atomic E-state index is 11.9. The Kier molecular flexibility index (Phi) is 4.03. The van der Waals surface area contributed by atoms with Gasteiger partial charge in [0.25, 0.3) is 0 Å². The van der Waals surface area contributed by atoms with Gasteiger partial charge in [-0.1, -0.05) is 0 Å². The maximum Gasteiger partial charge on any atom is 0.317 e. The Morgan fingerprint density at radius 2 is 2.37 bits per heavy atom. The van der Waals surface area contributed by atoms with Gasteiger partial charge in [-0.2, -0.15) is 5.10 Å². The fourth-order valence-corrected chi connectivity index (χ4v) is 2.22. The van der Waals surface area contributed by atoms with Gasteiger partial charge in [-0.15, -0.1) is 0 Å². The first kappa shape index (κ1) is 13.4. The van der Waals surface area contributed by atoms with Gasteiger partial charge in [-0.25, -0.2) is 4.79 Å². The highest BCUT2D eigenvalue weighted by Crippen LogP contribution is 2.16. The zero-order valence-corrected chi connectivity index (χ0v) is 10.9. The summed E-state index contributed by atoms with van der Waals surface area (Å²) in [5.74, 6) is -1.28. The van der Waals surface area contributed by atoms with Gasteiger partial charge in [0.05, 0.1) is 12.1 Å². The summed E-state index contributed by atoms with van der Waals surface area (Å²) in [6.45, 7) is 1.30. The average molecular weight is 266 g/mol. The van der Waals surface area contributed by atoms with Gasteiger partial charge >= 0.3 is 12.0 Å². The topological polar surface area (TPSA) is 87.5 Å². The second-order valence-electron chi connectivity index (χ2n) is 4.80. The Bertz CT molecular complexity index is 471. The van der Waals surface area contributed by atoms with Crippen LogP contribution in [0.15, 0.2) is 12.4 Å². The van der Waals surface area contributed by atoms with Gasteiger partial charge in [0.1, 0.15) is 0 Å². The molecule has 19 heavy (non-hydrogen) atoms. The number of hydrogen-bond donors (Lipinski definition) is 2. The number of hydrogen-bond acceptors (Lipinski definition) is 3. The molecule has 1 aliphatic rings. The summed E-state index contributed by atoms with van der Waals surface area (Å²) in [6, 6.07) is -0.213. The van der Waals surface area contributed by atoms with Crippen LogP contribution in [0.5, 0.6) is 0 Å². The molecule has 2 rings (SSSR count). The second-order valence-corrected chi connectivity index (χ2v) is 4.80. The highest BCUT2D eigenvalue weighted by Gasteiger charge is 2.27. The number of amides is 2. The minimum atomic E-state index is -0.829. The lowest BCUT2D eigenvalue weighted by atomic mass is 9.99. The molecule has 1 atom stereocenters. The summed E-state index contributed by atoms with van der Waals surface area (Å²) in [5, 5.41) is 15.8. The van der Waals surface area contributed by atoms with Crippen LogP contribution in [-0.2, 0) is 18.4 Å². The molecule has 2 N–H and O–H groups in total. The standard InChI is InChI=1S/C12H18N4O3/c1-15-7-9(6-14-15)5-13-12(19)16-4-2-3-10(8-16)11(17)18/h6-7,10H,2-5,8H2,1H3,(H,13,19)(H,17,18)/t10-/m1/s1. The maximum absolute atomic E-state index is 11.9. The summed E-state index contributed by atoms with van der Waals surface area (Å²) < 4.78 is 1.67. The Labute approximate surface area is 111 Å². The van der Waals surface area contributed by atoms with Crippen LogP contribution in [-0.4, -0.2) is 44.9 Å². The lowest BCUT2D eigenvalue weighted by Crippen LogP contribution is -2.46. The first-order chi connectivity index (χ1) is 9.06. The third-order valence-electron chi connectivity index (χ3n) is 3.26. The van der Waals surface area contributed by atoms with Crippen molar-refractivity contribution in [1.29, 1.82) is 0 Å². The van der Waals surface area contributed by atoms with Crippen LogP contribution in [0.3, 0.4) is 0 Å². The van der Waals surface area contributed by atoms with Crippen molar-refractivity contribution in [3.63, 3.8) is 0 Å². The van der Waals surface area contributed by atoms with Crippen LogP contribution >= 0.6 is 0 Å². The number of carboxylic acids is 1. The molecular weight excluding hydrogens is 248 g/mol. The van der Waals surface area contributed by atoms with Gasteiger partial charge in [0.2, 0.25) is 0 Å². The van der Waals surface area contributed by atoms with E-state index in [1.165, 1.54) is 0 Å². The van der Waals surface area contributed by atoms with Crippen molar-refractivity contribution in [1.82, 2.24) is 20.0 Å². The number of piperidine rings is 1. The fourth-order valence-electron chi connectivity index (χ4n) is 2.22. The molecular formula is C12H18N4O3. The smallest absolute Gasteiger partial charge is 0.317 e. The van der Waals surface area contributed by atoms with Crippen molar-refractivity contribution in [2.75, 3.05) is 13.1 Å². The summed E-state index contributed by atoms with van der Waals surface area (Å²) >= 11 is 0. The quantitative estimate of drug-likeness (QED) is 0.830. The molecule has 0 bridgehead atoms. The number of nitrogens with zero attached hydrogens (tertiary/aromatic N) is 3. The molecule has 1 aliphatic heterocycles. The summed E-state index contributed by atoms with van der Waals surface area (Å²) in [4.78, 5) is 24.4. The highest BCUT2D eigenvalue weighted by molar-refractivity contribution is 5.76. The van der Waals surface area contributed by atoms with Crippen molar-refractivity contribution >= 4 is 12.0 Å². The molecule has 0 radical (unpaired) electrons. The van der Waals surface area contributed by atoms with Crippen molar-refractivity contribution in [3.8, 4) is 0 Å². The van der Waals surface area contributed by atoms with Crippen LogP contribution in [0.2, 0.25) is 0 Å².